The quantitative estimate of drug-likeness (QED) is 0.470. The van der Waals surface area contributed by atoms with Gasteiger partial charge in [-0.05, 0) is 30.7 Å². The zero-order chi connectivity index (χ0) is 21.5. The van der Waals surface area contributed by atoms with Crippen molar-refractivity contribution in [3.05, 3.63) is 75.7 Å². The number of hydrogen-bond acceptors (Lipinski definition) is 5. The van der Waals surface area contributed by atoms with Gasteiger partial charge in [0.2, 0.25) is 5.91 Å². The van der Waals surface area contributed by atoms with Crippen LogP contribution >= 0.6 is 23.4 Å². The predicted molar refractivity (Wildman–Crippen MR) is 122 cm³/mol. The van der Waals surface area contributed by atoms with Gasteiger partial charge in [0.1, 0.15) is 5.39 Å². The fourth-order valence-electron chi connectivity index (χ4n) is 3.74. The van der Waals surface area contributed by atoms with Gasteiger partial charge in [0, 0.05) is 12.2 Å². The van der Waals surface area contributed by atoms with Crippen molar-refractivity contribution in [2.24, 2.45) is 0 Å². The molecule has 1 aliphatic rings. The Balaban J connectivity index is 1.47. The van der Waals surface area contributed by atoms with Crippen molar-refractivity contribution in [2.45, 2.75) is 24.5 Å². The first-order chi connectivity index (χ1) is 15.0. The van der Waals surface area contributed by atoms with Crippen LogP contribution in [0.2, 0.25) is 5.02 Å². The highest BCUT2D eigenvalue weighted by Crippen LogP contribution is 2.34. The SMILES string of the molecule is Cc1ccccc1-n1ncc2c(=O)n3c(nc21)SCC3CC(=O)Nc1ccccc1Cl. The number of halogens is 1. The number of anilines is 1. The summed E-state index contributed by atoms with van der Waals surface area (Å²) in [5.74, 6) is 0.400. The number of para-hydroxylation sites is 2. The maximum atomic E-state index is 13.3. The van der Waals surface area contributed by atoms with Crippen molar-refractivity contribution in [1.82, 2.24) is 19.3 Å². The zero-order valence-corrected chi connectivity index (χ0v) is 18.2. The van der Waals surface area contributed by atoms with Crippen molar-refractivity contribution < 1.29 is 4.79 Å². The molecule has 1 unspecified atom stereocenters. The van der Waals surface area contributed by atoms with Crippen molar-refractivity contribution >= 4 is 46.0 Å². The Morgan fingerprint density at radius 1 is 1.23 bits per heavy atom. The Labute approximate surface area is 187 Å². The van der Waals surface area contributed by atoms with Crippen LogP contribution in [0.3, 0.4) is 0 Å². The fraction of sp³-hybridized carbons (Fsp3) is 0.182. The minimum Gasteiger partial charge on any atom is -0.325 e. The summed E-state index contributed by atoms with van der Waals surface area (Å²) >= 11 is 7.60. The second-order valence-electron chi connectivity index (χ2n) is 7.35. The maximum absolute atomic E-state index is 13.3. The first kappa shape index (κ1) is 19.8. The van der Waals surface area contributed by atoms with Crippen molar-refractivity contribution in [3.63, 3.8) is 0 Å². The lowest BCUT2D eigenvalue weighted by atomic mass is 10.2. The second kappa shape index (κ2) is 7.86. The van der Waals surface area contributed by atoms with Crippen LogP contribution in [0.15, 0.2) is 64.7 Å². The molecule has 2 aromatic carbocycles. The molecule has 0 saturated heterocycles. The Morgan fingerprint density at radius 3 is 2.81 bits per heavy atom. The molecule has 5 rings (SSSR count). The molecule has 0 radical (unpaired) electrons. The van der Waals surface area contributed by atoms with Crippen molar-refractivity contribution in [2.75, 3.05) is 11.1 Å². The van der Waals surface area contributed by atoms with E-state index < -0.39 is 0 Å². The number of nitrogens with zero attached hydrogens (tertiary/aromatic N) is 4. The van der Waals surface area contributed by atoms with Gasteiger partial charge in [-0.15, -0.1) is 0 Å². The molecule has 1 N–H and O–H groups in total. The molecule has 1 amide bonds. The monoisotopic (exact) mass is 451 g/mol. The number of nitrogens with one attached hydrogen (secondary N) is 1. The molecule has 4 aromatic rings. The van der Waals surface area contributed by atoms with Crippen LogP contribution in [0.4, 0.5) is 5.69 Å². The lowest BCUT2D eigenvalue weighted by Gasteiger charge is -2.14. The van der Waals surface area contributed by atoms with Gasteiger partial charge in [-0.25, -0.2) is 9.67 Å². The molecule has 0 saturated carbocycles. The normalized spacial score (nSPS) is 15.2. The lowest BCUT2D eigenvalue weighted by Crippen LogP contribution is -2.27. The van der Waals surface area contributed by atoms with Gasteiger partial charge in [0.25, 0.3) is 5.56 Å². The summed E-state index contributed by atoms with van der Waals surface area (Å²) in [4.78, 5) is 30.6. The van der Waals surface area contributed by atoms with E-state index in [1.807, 2.05) is 31.2 Å². The average Bonchev–Trinajstić information content (AvgIpc) is 3.35. The van der Waals surface area contributed by atoms with E-state index in [1.54, 1.807) is 39.7 Å². The smallest absolute Gasteiger partial charge is 0.265 e. The molecule has 2 aromatic heterocycles. The zero-order valence-electron chi connectivity index (χ0n) is 16.6. The molecule has 0 fully saturated rings. The van der Waals surface area contributed by atoms with Gasteiger partial charge in [0.05, 0.1) is 28.6 Å². The molecular formula is C22H18ClN5O2S. The van der Waals surface area contributed by atoms with E-state index >= 15 is 0 Å². The van der Waals surface area contributed by atoms with Crippen LogP contribution in [0, 0.1) is 6.92 Å². The van der Waals surface area contributed by atoms with Crippen LogP contribution in [0.25, 0.3) is 16.7 Å². The third-order valence-corrected chi connectivity index (χ3v) is 6.71. The first-order valence-corrected chi connectivity index (χ1v) is 11.1. The number of hydrogen-bond donors (Lipinski definition) is 1. The Bertz CT molecular complexity index is 1380. The lowest BCUT2D eigenvalue weighted by molar-refractivity contribution is -0.116. The highest BCUT2D eigenvalue weighted by Gasteiger charge is 2.29. The minimum atomic E-state index is -0.284. The summed E-state index contributed by atoms with van der Waals surface area (Å²) in [6.45, 7) is 1.99. The highest BCUT2D eigenvalue weighted by molar-refractivity contribution is 7.99. The molecule has 9 heteroatoms. The number of thioether (sulfide) groups is 1. The van der Waals surface area contributed by atoms with Crippen LogP contribution < -0.4 is 10.9 Å². The molecule has 7 nitrogen and oxygen atoms in total. The van der Waals surface area contributed by atoms with E-state index in [-0.39, 0.29) is 23.9 Å². The van der Waals surface area contributed by atoms with Gasteiger partial charge in [-0.3, -0.25) is 14.2 Å². The van der Waals surface area contributed by atoms with Gasteiger partial charge >= 0.3 is 0 Å². The van der Waals surface area contributed by atoms with E-state index in [1.165, 1.54) is 11.8 Å². The molecule has 31 heavy (non-hydrogen) atoms. The topological polar surface area (TPSA) is 81.8 Å². The van der Waals surface area contributed by atoms with Gasteiger partial charge in [-0.2, -0.15) is 5.10 Å². The summed E-state index contributed by atoms with van der Waals surface area (Å²) in [6.07, 6.45) is 1.71. The summed E-state index contributed by atoms with van der Waals surface area (Å²) in [5.41, 5.74) is 2.82. The molecule has 0 spiro atoms. The number of aryl methyl sites for hydroxylation is 1. The van der Waals surface area contributed by atoms with Crippen LogP contribution in [-0.2, 0) is 4.79 Å². The molecule has 0 aliphatic carbocycles. The molecule has 0 bridgehead atoms. The third kappa shape index (κ3) is 3.51. The minimum absolute atomic E-state index is 0.157. The van der Waals surface area contributed by atoms with E-state index in [0.29, 0.717) is 32.7 Å². The molecule has 1 aliphatic heterocycles. The van der Waals surface area contributed by atoms with Crippen LogP contribution in [0.5, 0.6) is 0 Å². The molecule has 3 heterocycles. The summed E-state index contributed by atoms with van der Waals surface area (Å²) in [5, 5.41) is 8.75. The van der Waals surface area contributed by atoms with Crippen molar-refractivity contribution in [3.8, 4) is 5.69 Å². The van der Waals surface area contributed by atoms with E-state index in [2.05, 4.69) is 10.4 Å². The number of rotatable bonds is 4. The number of benzene rings is 2. The number of carbonyl (C=O) groups excluding carboxylic acids is 1. The molecule has 156 valence electrons. The standard InChI is InChI=1S/C22H18ClN5O2S/c1-13-6-2-5-9-18(13)28-20-15(11-24-28)21(30)27-14(12-31-22(27)26-20)10-19(29)25-17-8-4-3-7-16(17)23/h2-9,11,14H,10,12H2,1H3,(H,25,29). The largest absolute Gasteiger partial charge is 0.325 e. The first-order valence-electron chi connectivity index (χ1n) is 9.76. The Hall–Kier alpha value is -3.10. The fourth-order valence-corrected chi connectivity index (χ4v) is 5.05. The number of carbonyl (C=O) groups is 1. The van der Waals surface area contributed by atoms with Gasteiger partial charge in [0.15, 0.2) is 10.8 Å². The van der Waals surface area contributed by atoms with Crippen molar-refractivity contribution in [1.29, 1.82) is 0 Å². The second-order valence-corrected chi connectivity index (χ2v) is 8.74. The predicted octanol–water partition coefficient (Wildman–Crippen LogP) is 4.22. The number of fused-ring (bicyclic) bond motifs is 2. The highest BCUT2D eigenvalue weighted by atomic mass is 35.5. The molecular weight excluding hydrogens is 434 g/mol. The number of aromatic nitrogens is 4. The summed E-state index contributed by atoms with van der Waals surface area (Å²) in [7, 11) is 0. The maximum Gasteiger partial charge on any atom is 0.265 e. The Kier molecular flexibility index (Phi) is 5.03. The Morgan fingerprint density at radius 2 is 2.00 bits per heavy atom. The van der Waals surface area contributed by atoms with Gasteiger partial charge in [-0.1, -0.05) is 53.7 Å². The third-order valence-electron chi connectivity index (χ3n) is 5.28. The average molecular weight is 452 g/mol. The molecule has 1 atom stereocenters. The van der Waals surface area contributed by atoms with E-state index in [0.717, 1.165) is 11.3 Å². The summed E-state index contributed by atoms with van der Waals surface area (Å²) < 4.78 is 3.31. The summed E-state index contributed by atoms with van der Waals surface area (Å²) in [6, 6.07) is 14.6. The van der Waals surface area contributed by atoms with Crippen LogP contribution in [0.1, 0.15) is 18.0 Å². The van der Waals surface area contributed by atoms with E-state index in [4.69, 9.17) is 16.6 Å². The number of amides is 1. The van der Waals surface area contributed by atoms with Crippen LogP contribution in [-0.4, -0.2) is 31.0 Å². The van der Waals surface area contributed by atoms with Gasteiger partial charge < -0.3 is 5.32 Å². The van der Waals surface area contributed by atoms with E-state index in [9.17, 15) is 9.59 Å².